The Bertz CT molecular complexity index is 3750. The van der Waals surface area contributed by atoms with Crippen molar-refractivity contribution >= 4 is 87.2 Å². The number of hydrogen-bond acceptors (Lipinski definition) is 3. The number of hydrogen-bond donors (Lipinski definition) is 0. The molecule has 13 aromatic rings. The molecule has 8 aromatic carbocycles. The second kappa shape index (κ2) is 11.5. The zero-order valence-corrected chi connectivity index (χ0v) is 31.2. The van der Waals surface area contributed by atoms with Crippen molar-refractivity contribution in [3.63, 3.8) is 0 Å². The van der Waals surface area contributed by atoms with Crippen molar-refractivity contribution in [2.75, 3.05) is 0 Å². The Kier molecular flexibility index (Phi) is 6.23. The lowest BCUT2D eigenvalue weighted by atomic mass is 10.0. The van der Waals surface area contributed by atoms with Crippen LogP contribution in [0.15, 0.2) is 182 Å². The molecule has 0 fully saturated rings. The molecule has 57 heavy (non-hydrogen) atoms. The molecule has 0 N–H and O–H groups in total. The first-order valence-electron chi connectivity index (χ1n) is 19.2. The largest absolute Gasteiger partial charge is 0.278 e. The van der Waals surface area contributed by atoms with Gasteiger partial charge < -0.3 is 0 Å². The topological polar surface area (TPSA) is 44.5 Å². The number of rotatable bonds is 4. The molecule has 0 spiro atoms. The van der Waals surface area contributed by atoms with Crippen LogP contribution in [0.25, 0.3) is 109 Å². The standard InChI is InChI=1S/C50H30N6S/c1-2-10-31(11-3-1)32-18-22-35(23-19-32)53-43-25-20-33(28-45(43)55-41-15-7-5-13-39(41)51-49(53)55)34-21-26-44-46(29-34)56-42-16-8-6-14-40(42)52-50(56)54(44)36-24-27-48-38(30-36)37-12-4-9-17-47(37)57-48/h1-30H. The van der Waals surface area contributed by atoms with E-state index in [0.717, 1.165) is 78.2 Å². The lowest BCUT2D eigenvalue weighted by Gasteiger charge is -2.09. The smallest absolute Gasteiger partial charge is 0.220 e. The molecule has 6 nitrogen and oxygen atoms in total. The van der Waals surface area contributed by atoms with Gasteiger partial charge in [-0.2, -0.15) is 0 Å². The number of benzene rings is 8. The highest BCUT2D eigenvalue weighted by Crippen LogP contribution is 2.39. The van der Waals surface area contributed by atoms with Crippen molar-refractivity contribution in [3.8, 4) is 33.6 Å². The zero-order valence-electron chi connectivity index (χ0n) is 30.4. The second-order valence-corrected chi connectivity index (χ2v) is 15.8. The minimum Gasteiger partial charge on any atom is -0.278 e. The van der Waals surface area contributed by atoms with Gasteiger partial charge in [-0.25, -0.2) is 9.97 Å². The predicted molar refractivity (Wildman–Crippen MR) is 236 cm³/mol. The van der Waals surface area contributed by atoms with E-state index in [1.807, 2.05) is 11.3 Å². The molecule has 0 bridgehead atoms. The Balaban J connectivity index is 1.02. The Hall–Kier alpha value is -7.48. The molecule has 0 aliphatic heterocycles. The van der Waals surface area contributed by atoms with Crippen LogP contribution in [0.3, 0.4) is 0 Å². The summed E-state index contributed by atoms with van der Waals surface area (Å²) >= 11 is 1.84. The molecule has 13 rings (SSSR count). The summed E-state index contributed by atoms with van der Waals surface area (Å²) in [5.41, 5.74) is 15.4. The van der Waals surface area contributed by atoms with E-state index in [-0.39, 0.29) is 0 Å². The predicted octanol–water partition coefficient (Wildman–Crippen LogP) is 12.9. The Morgan fingerprint density at radius 2 is 0.842 bits per heavy atom. The van der Waals surface area contributed by atoms with Gasteiger partial charge in [0.05, 0.1) is 44.1 Å². The van der Waals surface area contributed by atoms with Gasteiger partial charge in [-0.1, -0.05) is 97.1 Å². The summed E-state index contributed by atoms with van der Waals surface area (Å²) in [5, 5.41) is 2.56. The fourth-order valence-electron chi connectivity index (χ4n) is 8.96. The van der Waals surface area contributed by atoms with Crippen LogP contribution in [-0.4, -0.2) is 27.9 Å². The second-order valence-electron chi connectivity index (χ2n) is 14.7. The monoisotopic (exact) mass is 746 g/mol. The Morgan fingerprint density at radius 3 is 1.51 bits per heavy atom. The third kappa shape index (κ3) is 4.40. The molecule has 0 aliphatic rings. The normalized spacial score (nSPS) is 12.2. The van der Waals surface area contributed by atoms with Gasteiger partial charge >= 0.3 is 0 Å². The van der Waals surface area contributed by atoms with Gasteiger partial charge in [-0.3, -0.25) is 17.9 Å². The van der Waals surface area contributed by atoms with Gasteiger partial charge in [0.1, 0.15) is 0 Å². The SMILES string of the molecule is c1ccc(-c2ccc(-n3c4ccc(-c5ccc6c(c5)n5c7ccccc7nc5n6-c5ccc6sc7ccccc7c6c5)cc4n4c5ccccc5nc34)cc2)cc1. The third-order valence-electron chi connectivity index (χ3n) is 11.6. The van der Waals surface area contributed by atoms with Gasteiger partial charge in [0.25, 0.3) is 0 Å². The molecular weight excluding hydrogens is 717 g/mol. The molecule has 266 valence electrons. The first-order chi connectivity index (χ1) is 28.2. The summed E-state index contributed by atoms with van der Waals surface area (Å²) in [6.45, 7) is 0. The number of aromatic nitrogens is 6. The Morgan fingerprint density at radius 1 is 0.333 bits per heavy atom. The average molecular weight is 747 g/mol. The van der Waals surface area contributed by atoms with E-state index in [1.54, 1.807) is 0 Å². The van der Waals surface area contributed by atoms with Crippen LogP contribution < -0.4 is 0 Å². The molecule has 0 saturated heterocycles. The van der Waals surface area contributed by atoms with Gasteiger partial charge in [0, 0.05) is 31.5 Å². The molecular formula is C50H30N6S. The van der Waals surface area contributed by atoms with Crippen LogP contribution in [0.4, 0.5) is 0 Å². The molecule has 0 unspecified atom stereocenters. The van der Waals surface area contributed by atoms with E-state index in [4.69, 9.17) is 9.97 Å². The lowest BCUT2D eigenvalue weighted by Crippen LogP contribution is -1.95. The van der Waals surface area contributed by atoms with Gasteiger partial charge in [-0.05, 0) is 107 Å². The number of thiophene rings is 1. The Labute approximate surface area is 329 Å². The molecule has 5 heterocycles. The maximum Gasteiger partial charge on any atom is 0.220 e. The molecule has 0 aliphatic carbocycles. The van der Waals surface area contributed by atoms with Crippen molar-refractivity contribution in [1.29, 1.82) is 0 Å². The van der Waals surface area contributed by atoms with Crippen LogP contribution in [0.1, 0.15) is 0 Å². The van der Waals surface area contributed by atoms with Crippen molar-refractivity contribution in [2.24, 2.45) is 0 Å². The highest BCUT2D eigenvalue weighted by atomic mass is 32.1. The van der Waals surface area contributed by atoms with Crippen molar-refractivity contribution < 1.29 is 0 Å². The van der Waals surface area contributed by atoms with Gasteiger partial charge in [-0.15, -0.1) is 11.3 Å². The minimum atomic E-state index is 0.894. The summed E-state index contributed by atoms with van der Waals surface area (Å²) < 4.78 is 11.8. The fourth-order valence-corrected chi connectivity index (χ4v) is 10.0. The van der Waals surface area contributed by atoms with E-state index < -0.39 is 0 Å². The van der Waals surface area contributed by atoms with E-state index in [0.29, 0.717) is 0 Å². The van der Waals surface area contributed by atoms with E-state index in [2.05, 4.69) is 200 Å². The quantitative estimate of drug-likeness (QED) is 0.180. The van der Waals surface area contributed by atoms with Gasteiger partial charge in [0.15, 0.2) is 0 Å². The number of para-hydroxylation sites is 4. The molecule has 0 saturated carbocycles. The van der Waals surface area contributed by atoms with Crippen molar-refractivity contribution in [2.45, 2.75) is 0 Å². The first kappa shape index (κ1) is 30.8. The molecule has 0 amide bonds. The minimum absolute atomic E-state index is 0.894. The van der Waals surface area contributed by atoms with Crippen LogP contribution >= 0.6 is 11.3 Å². The number of fused-ring (bicyclic) bond motifs is 13. The summed E-state index contributed by atoms with van der Waals surface area (Å²) in [6, 6.07) is 65.3. The van der Waals surface area contributed by atoms with Crippen LogP contribution in [0, 0.1) is 0 Å². The molecule has 7 heteroatoms. The van der Waals surface area contributed by atoms with E-state index in [1.165, 1.54) is 31.3 Å². The molecule has 5 aromatic heterocycles. The summed E-state index contributed by atoms with van der Waals surface area (Å²) in [5.74, 6) is 1.80. The number of nitrogens with zero attached hydrogens (tertiary/aromatic N) is 6. The van der Waals surface area contributed by atoms with Crippen LogP contribution in [0.2, 0.25) is 0 Å². The maximum absolute atomic E-state index is 5.23. The fraction of sp³-hybridized carbons (Fsp3) is 0. The average Bonchev–Trinajstić information content (AvgIpc) is 4.07. The first-order valence-corrected chi connectivity index (χ1v) is 20.0. The summed E-state index contributed by atoms with van der Waals surface area (Å²) in [4.78, 5) is 10.4. The van der Waals surface area contributed by atoms with E-state index in [9.17, 15) is 0 Å². The van der Waals surface area contributed by atoms with Crippen LogP contribution in [-0.2, 0) is 0 Å². The third-order valence-corrected chi connectivity index (χ3v) is 12.7. The molecule has 0 atom stereocenters. The van der Waals surface area contributed by atoms with Crippen LogP contribution in [0.5, 0.6) is 0 Å². The lowest BCUT2D eigenvalue weighted by molar-refractivity contribution is 1.11. The van der Waals surface area contributed by atoms with Crippen molar-refractivity contribution in [3.05, 3.63) is 182 Å². The number of imidazole rings is 4. The van der Waals surface area contributed by atoms with Gasteiger partial charge in [0.2, 0.25) is 11.6 Å². The van der Waals surface area contributed by atoms with Crippen molar-refractivity contribution in [1.82, 2.24) is 27.9 Å². The summed E-state index contributed by atoms with van der Waals surface area (Å²) in [7, 11) is 0. The highest BCUT2D eigenvalue weighted by molar-refractivity contribution is 7.25. The maximum atomic E-state index is 5.23. The summed E-state index contributed by atoms with van der Waals surface area (Å²) in [6.07, 6.45) is 0. The van der Waals surface area contributed by atoms with E-state index >= 15 is 0 Å². The highest BCUT2D eigenvalue weighted by Gasteiger charge is 2.21. The molecule has 0 radical (unpaired) electrons. The zero-order chi connectivity index (χ0) is 37.2.